The van der Waals surface area contributed by atoms with Gasteiger partial charge in [-0.3, -0.25) is 19.6 Å². The minimum atomic E-state index is -1.06. The fraction of sp³-hybridized carbons (Fsp3) is 1.00. The topological polar surface area (TPSA) is 256 Å². The zero-order valence-corrected chi connectivity index (χ0v) is 23.3. The predicted molar refractivity (Wildman–Crippen MR) is 144 cm³/mol. The third-order valence-electron chi connectivity index (χ3n) is 6.28. The van der Waals surface area contributed by atoms with Gasteiger partial charge >= 0.3 is 0 Å². The Balaban J connectivity index is 5.43. The maximum Gasteiger partial charge on any atom is 0.0897 e. The Labute approximate surface area is 236 Å². The summed E-state index contributed by atoms with van der Waals surface area (Å²) in [6.07, 6.45) is -6.34. The molecule has 0 aliphatic heterocycles. The third-order valence-corrected chi connectivity index (χ3v) is 6.28. The molecule has 0 aliphatic rings. The van der Waals surface area contributed by atoms with Crippen molar-refractivity contribution >= 4 is 0 Å². The van der Waals surface area contributed by atoms with Crippen molar-refractivity contribution in [1.82, 2.24) is 19.6 Å². The molecular weight excluding hydrogens is 536 g/mol. The molecule has 0 aliphatic carbocycles. The summed E-state index contributed by atoms with van der Waals surface area (Å²) in [4.78, 5) is 6.96. The maximum absolute atomic E-state index is 10.1. The molecule has 40 heavy (non-hydrogen) atoms. The molecule has 6 atom stereocenters. The fourth-order valence-corrected chi connectivity index (χ4v) is 4.09. The first-order valence-corrected chi connectivity index (χ1v) is 13.6. The van der Waals surface area contributed by atoms with Crippen molar-refractivity contribution in [3.63, 3.8) is 0 Å². The Morgan fingerprint density at radius 3 is 0.600 bits per heavy atom. The van der Waals surface area contributed by atoms with Gasteiger partial charge in [-0.15, -0.1) is 0 Å². The molecule has 0 aromatic carbocycles. The van der Waals surface area contributed by atoms with Gasteiger partial charge in [0.05, 0.1) is 76.3 Å². The number of rotatable bonds is 27. The van der Waals surface area contributed by atoms with Crippen LogP contribution < -0.4 is 0 Å². The minimum Gasteiger partial charge on any atom is -0.394 e. The van der Waals surface area contributed by atoms with Crippen molar-refractivity contribution in [3.8, 4) is 0 Å². The minimum absolute atomic E-state index is 0.0357. The van der Waals surface area contributed by atoms with Gasteiger partial charge in [0.2, 0.25) is 0 Å². The van der Waals surface area contributed by atoms with Gasteiger partial charge in [0, 0.05) is 78.5 Å². The number of hydrogen-bond donors (Lipinski definition) is 12. The van der Waals surface area contributed by atoms with E-state index in [0.29, 0.717) is 26.2 Å². The Kier molecular flexibility index (Phi) is 23.5. The Morgan fingerprint density at radius 1 is 0.275 bits per heavy atom. The summed E-state index contributed by atoms with van der Waals surface area (Å²) in [5, 5.41) is 115. The lowest BCUT2D eigenvalue weighted by atomic mass is 10.2. The first-order chi connectivity index (χ1) is 19.0. The molecule has 16 heteroatoms. The van der Waals surface area contributed by atoms with Gasteiger partial charge in [0.1, 0.15) is 0 Å². The van der Waals surface area contributed by atoms with Crippen molar-refractivity contribution in [2.24, 2.45) is 0 Å². The van der Waals surface area contributed by atoms with Crippen LogP contribution in [-0.4, -0.2) is 236 Å². The molecule has 6 unspecified atom stereocenters. The van der Waals surface area contributed by atoms with Crippen molar-refractivity contribution in [3.05, 3.63) is 0 Å². The first kappa shape index (κ1) is 39.4. The smallest absolute Gasteiger partial charge is 0.0897 e. The lowest BCUT2D eigenvalue weighted by Crippen LogP contribution is -2.49. The first-order valence-electron chi connectivity index (χ1n) is 13.6. The molecule has 16 nitrogen and oxygen atoms in total. The molecule has 0 bridgehead atoms. The van der Waals surface area contributed by atoms with E-state index in [-0.39, 0.29) is 52.4 Å². The van der Waals surface area contributed by atoms with Crippen LogP contribution in [0.25, 0.3) is 0 Å². The van der Waals surface area contributed by atoms with E-state index >= 15 is 0 Å². The second-order valence-electron chi connectivity index (χ2n) is 10.1. The zero-order valence-electron chi connectivity index (χ0n) is 23.3. The van der Waals surface area contributed by atoms with Crippen molar-refractivity contribution in [2.75, 3.05) is 118 Å². The number of nitrogens with zero attached hydrogens (tertiary/aromatic N) is 4. The van der Waals surface area contributed by atoms with Crippen LogP contribution in [0.1, 0.15) is 0 Å². The average molecular weight is 591 g/mol. The SMILES string of the molecule is OCC(O)CN(CCN(CCN(CC(O)CO)CC(O)CO)CC(O)CO)CCN(CC(O)CO)CC(O)CO. The van der Waals surface area contributed by atoms with Gasteiger partial charge in [0.25, 0.3) is 0 Å². The fourth-order valence-electron chi connectivity index (χ4n) is 4.09. The molecule has 0 aromatic rings. The summed E-state index contributed by atoms with van der Waals surface area (Å²) in [5.41, 5.74) is 0. The zero-order chi connectivity index (χ0) is 30.5. The van der Waals surface area contributed by atoms with E-state index in [1.54, 1.807) is 9.80 Å². The number of hydrogen-bond acceptors (Lipinski definition) is 16. The van der Waals surface area contributed by atoms with Crippen LogP contribution in [0, 0.1) is 0 Å². The summed E-state index contributed by atoms with van der Waals surface area (Å²) in [6.45, 7) is -0.673. The number of aliphatic hydroxyl groups excluding tert-OH is 12. The van der Waals surface area contributed by atoms with Gasteiger partial charge in [-0.05, 0) is 0 Å². The standard InChI is InChI=1S/C24H54N4O12/c29-13-19(35)7-25(3-5-27(9-21(37)15-31)10-22(38)16-32)1-2-26(8-20(36)14-30)4-6-28(11-23(39)17-33)12-24(40)18-34/h19-24,29-40H,1-18H2. The average Bonchev–Trinajstić information content (AvgIpc) is 2.95. The molecule has 242 valence electrons. The van der Waals surface area contributed by atoms with Crippen LogP contribution in [0.2, 0.25) is 0 Å². The van der Waals surface area contributed by atoms with Gasteiger partial charge < -0.3 is 61.3 Å². The van der Waals surface area contributed by atoms with Gasteiger partial charge in [-0.25, -0.2) is 0 Å². The monoisotopic (exact) mass is 590 g/mol. The molecular formula is C24H54N4O12. The van der Waals surface area contributed by atoms with E-state index in [1.807, 2.05) is 9.80 Å². The molecule has 0 fully saturated rings. The second kappa shape index (κ2) is 23.9. The van der Waals surface area contributed by atoms with E-state index in [0.717, 1.165) is 0 Å². The van der Waals surface area contributed by atoms with Crippen molar-refractivity contribution in [2.45, 2.75) is 36.6 Å². The Bertz CT molecular complexity index is 516. The molecule has 0 saturated heterocycles. The van der Waals surface area contributed by atoms with Crippen LogP contribution >= 0.6 is 0 Å². The lowest BCUT2D eigenvalue weighted by Gasteiger charge is -2.33. The van der Waals surface area contributed by atoms with E-state index < -0.39 is 76.3 Å². The second-order valence-corrected chi connectivity index (χ2v) is 10.1. The molecule has 0 heterocycles. The molecule has 0 amide bonds. The van der Waals surface area contributed by atoms with Crippen molar-refractivity contribution < 1.29 is 61.3 Å². The lowest BCUT2D eigenvalue weighted by molar-refractivity contribution is 0.00914. The van der Waals surface area contributed by atoms with Gasteiger partial charge in [0.15, 0.2) is 0 Å². The highest BCUT2D eigenvalue weighted by Gasteiger charge is 2.21. The molecule has 0 rings (SSSR count). The van der Waals surface area contributed by atoms with E-state index in [4.69, 9.17) is 0 Å². The highest BCUT2D eigenvalue weighted by molar-refractivity contribution is 4.76. The van der Waals surface area contributed by atoms with E-state index in [2.05, 4.69) is 0 Å². The molecule has 0 aromatic heterocycles. The predicted octanol–water partition coefficient (Wildman–Crippen LogP) is -7.69. The Hall–Kier alpha value is -0.640. The quantitative estimate of drug-likeness (QED) is 0.0424. The Morgan fingerprint density at radius 2 is 0.425 bits per heavy atom. The molecule has 0 saturated carbocycles. The summed E-state index contributed by atoms with van der Waals surface area (Å²) in [6, 6.07) is 0. The van der Waals surface area contributed by atoms with Gasteiger partial charge in [-0.1, -0.05) is 0 Å². The summed E-state index contributed by atoms with van der Waals surface area (Å²) >= 11 is 0. The van der Waals surface area contributed by atoms with E-state index in [9.17, 15) is 61.3 Å². The van der Waals surface area contributed by atoms with Crippen LogP contribution in [0.4, 0.5) is 0 Å². The van der Waals surface area contributed by atoms with Crippen LogP contribution in [0.15, 0.2) is 0 Å². The molecule has 0 spiro atoms. The summed E-state index contributed by atoms with van der Waals surface area (Å²) in [5.74, 6) is 0. The van der Waals surface area contributed by atoms with Crippen molar-refractivity contribution in [1.29, 1.82) is 0 Å². The highest BCUT2D eigenvalue weighted by Crippen LogP contribution is 2.03. The van der Waals surface area contributed by atoms with Crippen LogP contribution in [0.5, 0.6) is 0 Å². The maximum atomic E-state index is 10.1. The normalized spacial score (nSPS) is 17.1. The number of aliphatic hydroxyl groups is 12. The highest BCUT2D eigenvalue weighted by atomic mass is 16.3. The summed E-state index contributed by atoms with van der Waals surface area (Å²) < 4.78 is 0. The summed E-state index contributed by atoms with van der Waals surface area (Å²) in [7, 11) is 0. The molecule has 0 radical (unpaired) electrons. The van der Waals surface area contributed by atoms with E-state index in [1.165, 1.54) is 0 Å². The van der Waals surface area contributed by atoms with Crippen LogP contribution in [0.3, 0.4) is 0 Å². The van der Waals surface area contributed by atoms with Gasteiger partial charge in [-0.2, -0.15) is 0 Å². The largest absolute Gasteiger partial charge is 0.394 e. The van der Waals surface area contributed by atoms with Crippen LogP contribution in [-0.2, 0) is 0 Å². The molecule has 12 N–H and O–H groups in total. The third kappa shape index (κ3) is 19.5.